The molecule has 9 heteroatoms. The Labute approximate surface area is 121 Å². The molecule has 0 bridgehead atoms. The Morgan fingerprint density at radius 3 is 2.45 bits per heavy atom. The summed E-state index contributed by atoms with van der Waals surface area (Å²) in [4.78, 5) is 0. The Morgan fingerprint density at radius 1 is 1.32 bits per heavy atom. The van der Waals surface area contributed by atoms with Gasteiger partial charge in [0.15, 0.2) is 0 Å². The lowest BCUT2D eigenvalue weighted by atomic mass is 10.00. The van der Waals surface area contributed by atoms with Gasteiger partial charge in [0.05, 0.1) is 22.8 Å². The maximum Gasteiger partial charge on any atom is 0.420 e. The number of nitriles is 1. The van der Waals surface area contributed by atoms with Gasteiger partial charge in [-0.25, -0.2) is 8.78 Å². The van der Waals surface area contributed by atoms with E-state index in [1.54, 1.807) is 0 Å². The zero-order chi connectivity index (χ0) is 16.7. The Kier molecular flexibility index (Phi) is 3.79. The molecule has 2 rings (SSSR count). The molecule has 22 heavy (non-hydrogen) atoms. The summed E-state index contributed by atoms with van der Waals surface area (Å²) in [5, 5.41) is 22.3. The second-order valence-electron chi connectivity index (χ2n) is 4.44. The van der Waals surface area contributed by atoms with Crippen molar-refractivity contribution in [3.63, 3.8) is 0 Å². The fraction of sp³-hybridized carbons (Fsp3) is 0.231. The smallest absolute Gasteiger partial charge is 0.420 e. The van der Waals surface area contributed by atoms with E-state index in [-0.39, 0.29) is 0 Å². The summed E-state index contributed by atoms with van der Waals surface area (Å²) in [6.07, 6.45) is -7.00. The molecule has 1 aromatic heterocycles. The zero-order valence-corrected chi connectivity index (χ0v) is 11.0. The average Bonchev–Trinajstić information content (AvgIpc) is 2.80. The normalized spacial score (nSPS) is 11.7. The molecule has 0 aliphatic heterocycles. The van der Waals surface area contributed by atoms with Crippen molar-refractivity contribution < 1.29 is 27.1 Å². The molecular weight excluding hydrogens is 309 g/mol. The van der Waals surface area contributed by atoms with Gasteiger partial charge in [0.1, 0.15) is 11.4 Å². The van der Waals surface area contributed by atoms with Gasteiger partial charge in [0, 0.05) is 18.8 Å². The van der Waals surface area contributed by atoms with E-state index in [0.717, 1.165) is 16.9 Å². The number of phenolic OH excluding ortho intramolecular Hbond substituents is 1. The van der Waals surface area contributed by atoms with Crippen LogP contribution in [0, 0.1) is 11.3 Å². The first-order valence-electron chi connectivity index (χ1n) is 5.81. The zero-order valence-electron chi connectivity index (χ0n) is 11.0. The highest BCUT2D eigenvalue weighted by Crippen LogP contribution is 2.43. The van der Waals surface area contributed by atoms with E-state index in [1.807, 2.05) is 0 Å². The Morgan fingerprint density at radius 2 is 1.95 bits per heavy atom. The van der Waals surface area contributed by atoms with Crippen molar-refractivity contribution in [2.75, 3.05) is 0 Å². The number of nitrogens with zero attached hydrogens (tertiary/aromatic N) is 3. The van der Waals surface area contributed by atoms with Crippen molar-refractivity contribution in [3.8, 4) is 23.1 Å². The number of hydrogen-bond acceptors (Lipinski definition) is 3. The monoisotopic (exact) mass is 317 g/mol. The third kappa shape index (κ3) is 2.72. The van der Waals surface area contributed by atoms with Gasteiger partial charge in [-0.3, -0.25) is 4.68 Å². The van der Waals surface area contributed by atoms with E-state index in [0.29, 0.717) is 6.07 Å². The van der Waals surface area contributed by atoms with Crippen molar-refractivity contribution in [1.82, 2.24) is 9.78 Å². The van der Waals surface area contributed by atoms with Gasteiger partial charge in [-0.15, -0.1) is 0 Å². The molecule has 1 aromatic carbocycles. The van der Waals surface area contributed by atoms with E-state index in [1.165, 1.54) is 13.1 Å². The standard InChI is InChI=1S/C13H8F5N3O/c1-21-5-8(12(14)15)10(20-21)7-2-6(4-19)3-9(11(7)22)13(16,17)18/h2-3,5,12,22H,1H3. The van der Waals surface area contributed by atoms with Crippen LogP contribution >= 0.6 is 0 Å². The van der Waals surface area contributed by atoms with Gasteiger partial charge in [-0.05, 0) is 12.1 Å². The summed E-state index contributed by atoms with van der Waals surface area (Å²) < 4.78 is 65.5. The van der Waals surface area contributed by atoms with Crippen LogP contribution in [0.4, 0.5) is 22.0 Å². The maximum atomic E-state index is 13.0. The molecule has 0 atom stereocenters. The summed E-state index contributed by atoms with van der Waals surface area (Å²) in [5.41, 5.74) is -3.61. The van der Waals surface area contributed by atoms with Crippen LogP contribution in [0.1, 0.15) is 23.1 Å². The number of aromatic hydroxyl groups is 1. The Bertz CT molecular complexity index is 758. The molecule has 4 nitrogen and oxygen atoms in total. The number of halogens is 5. The van der Waals surface area contributed by atoms with Gasteiger partial charge >= 0.3 is 6.18 Å². The molecule has 2 aromatic rings. The van der Waals surface area contributed by atoms with Crippen LogP contribution < -0.4 is 0 Å². The van der Waals surface area contributed by atoms with E-state index in [2.05, 4.69) is 5.10 Å². The molecule has 0 saturated carbocycles. The number of phenols is 1. The summed E-state index contributed by atoms with van der Waals surface area (Å²) in [7, 11) is 1.31. The molecule has 0 fully saturated rings. The van der Waals surface area contributed by atoms with Crippen LogP contribution in [0.25, 0.3) is 11.3 Å². The molecule has 0 aliphatic rings. The topological polar surface area (TPSA) is 61.8 Å². The molecule has 0 unspecified atom stereocenters. The maximum absolute atomic E-state index is 13.0. The van der Waals surface area contributed by atoms with Gasteiger partial charge in [0.25, 0.3) is 6.43 Å². The highest BCUT2D eigenvalue weighted by molar-refractivity contribution is 5.73. The summed E-state index contributed by atoms with van der Waals surface area (Å²) in [5.74, 6) is -1.24. The molecule has 1 N–H and O–H groups in total. The van der Waals surface area contributed by atoms with Crippen molar-refractivity contribution in [1.29, 1.82) is 5.26 Å². The number of aromatic nitrogens is 2. The molecule has 0 aliphatic carbocycles. The van der Waals surface area contributed by atoms with E-state index in [4.69, 9.17) is 5.26 Å². The summed E-state index contributed by atoms with van der Waals surface area (Å²) in [6.45, 7) is 0. The molecule has 0 saturated heterocycles. The first-order valence-corrected chi connectivity index (χ1v) is 5.81. The number of hydrogen-bond donors (Lipinski definition) is 1. The minimum atomic E-state index is -4.94. The average molecular weight is 317 g/mol. The quantitative estimate of drug-likeness (QED) is 0.861. The van der Waals surface area contributed by atoms with Crippen LogP contribution in [0.5, 0.6) is 5.75 Å². The highest BCUT2D eigenvalue weighted by atomic mass is 19.4. The first kappa shape index (κ1) is 15.8. The minimum absolute atomic E-state index is 0.425. The number of rotatable bonds is 2. The summed E-state index contributed by atoms with van der Waals surface area (Å²) in [6, 6.07) is 2.84. The van der Waals surface area contributed by atoms with Crippen molar-refractivity contribution in [3.05, 3.63) is 35.0 Å². The minimum Gasteiger partial charge on any atom is -0.507 e. The van der Waals surface area contributed by atoms with E-state index in [9.17, 15) is 27.1 Å². The van der Waals surface area contributed by atoms with Crippen molar-refractivity contribution >= 4 is 0 Å². The molecule has 0 spiro atoms. The Hall–Kier alpha value is -2.63. The Balaban J connectivity index is 2.79. The van der Waals surface area contributed by atoms with Gasteiger partial charge < -0.3 is 5.11 Å². The van der Waals surface area contributed by atoms with Gasteiger partial charge in [-0.2, -0.15) is 23.5 Å². The highest BCUT2D eigenvalue weighted by Gasteiger charge is 2.36. The SMILES string of the molecule is Cn1cc(C(F)F)c(-c2cc(C#N)cc(C(F)(F)F)c2O)n1. The molecule has 0 radical (unpaired) electrons. The molecule has 1 heterocycles. The van der Waals surface area contributed by atoms with Crippen molar-refractivity contribution in [2.45, 2.75) is 12.6 Å². The van der Waals surface area contributed by atoms with Gasteiger partial charge in [0.2, 0.25) is 0 Å². The lowest BCUT2D eigenvalue weighted by Crippen LogP contribution is -2.07. The predicted octanol–water partition coefficient (Wildman–Crippen LogP) is 3.62. The van der Waals surface area contributed by atoms with E-state index >= 15 is 0 Å². The fourth-order valence-corrected chi connectivity index (χ4v) is 1.97. The number of aryl methyl sites for hydroxylation is 1. The number of benzene rings is 1. The second kappa shape index (κ2) is 5.29. The van der Waals surface area contributed by atoms with Crippen LogP contribution in [0.15, 0.2) is 18.3 Å². The lowest BCUT2D eigenvalue weighted by Gasteiger charge is -2.13. The fourth-order valence-electron chi connectivity index (χ4n) is 1.97. The van der Waals surface area contributed by atoms with Crippen LogP contribution in [0.3, 0.4) is 0 Å². The van der Waals surface area contributed by atoms with Gasteiger partial charge in [-0.1, -0.05) is 0 Å². The van der Waals surface area contributed by atoms with E-state index < -0.39 is 46.3 Å². The van der Waals surface area contributed by atoms with Crippen LogP contribution in [0.2, 0.25) is 0 Å². The second-order valence-corrected chi connectivity index (χ2v) is 4.44. The third-order valence-electron chi connectivity index (χ3n) is 2.89. The molecule has 0 amide bonds. The van der Waals surface area contributed by atoms with Crippen LogP contribution in [-0.2, 0) is 13.2 Å². The molecule has 116 valence electrons. The third-order valence-corrected chi connectivity index (χ3v) is 2.89. The largest absolute Gasteiger partial charge is 0.507 e. The first-order chi connectivity index (χ1) is 10.1. The van der Waals surface area contributed by atoms with Crippen molar-refractivity contribution in [2.24, 2.45) is 7.05 Å². The summed E-state index contributed by atoms with van der Waals surface area (Å²) >= 11 is 0. The predicted molar refractivity (Wildman–Crippen MR) is 65.0 cm³/mol. The number of alkyl halides is 5. The molecular formula is C13H8F5N3O. The lowest BCUT2D eigenvalue weighted by molar-refractivity contribution is -0.138. The van der Waals surface area contributed by atoms with Crippen LogP contribution in [-0.4, -0.2) is 14.9 Å².